The highest BCUT2D eigenvalue weighted by molar-refractivity contribution is 7.91. The summed E-state index contributed by atoms with van der Waals surface area (Å²) in [6.45, 7) is 0. The van der Waals surface area contributed by atoms with Crippen molar-refractivity contribution in [2.45, 2.75) is 24.0 Å². The number of nitrogens with zero attached hydrogens (tertiary/aromatic N) is 2. The second-order valence-corrected chi connectivity index (χ2v) is 5.41. The highest BCUT2D eigenvalue weighted by Gasteiger charge is 2.19. The van der Waals surface area contributed by atoms with E-state index >= 15 is 0 Å². The quantitative estimate of drug-likeness (QED) is 0.620. The maximum absolute atomic E-state index is 11.6. The molecule has 1 aromatic rings. The first-order valence-corrected chi connectivity index (χ1v) is 6.54. The monoisotopic (exact) mass is 262 g/mol. The van der Waals surface area contributed by atoms with Gasteiger partial charge >= 0.3 is 5.97 Å². The van der Waals surface area contributed by atoms with Crippen LogP contribution in [0.5, 0.6) is 0 Å². The van der Waals surface area contributed by atoms with E-state index in [1.165, 1.54) is 7.11 Å². The first kappa shape index (κ1) is 13.6. The minimum atomic E-state index is -3.48. The van der Waals surface area contributed by atoms with Crippen molar-refractivity contribution >= 4 is 15.8 Å². The molecular weight excluding hydrogens is 248 g/mol. The van der Waals surface area contributed by atoms with E-state index < -0.39 is 21.8 Å². The molecule has 0 aliphatic heterocycles. The summed E-state index contributed by atoms with van der Waals surface area (Å²) in [7, 11) is -2.25. The van der Waals surface area contributed by atoms with Crippen LogP contribution in [0.25, 0.3) is 0 Å². The number of rotatable bonds is 6. The van der Waals surface area contributed by atoms with E-state index in [1.807, 2.05) is 0 Å². The largest absolute Gasteiger partial charge is 0.468 e. The van der Waals surface area contributed by atoms with Gasteiger partial charge in [0.05, 0.1) is 12.9 Å². The number of esters is 1. The summed E-state index contributed by atoms with van der Waals surface area (Å²) in [5.41, 5.74) is 5.47. The van der Waals surface area contributed by atoms with E-state index in [-0.39, 0.29) is 23.8 Å². The number of hydrogen-bond acceptors (Lipinski definition) is 7. The third-order valence-corrected chi connectivity index (χ3v) is 3.73. The summed E-state index contributed by atoms with van der Waals surface area (Å²) in [5, 5.41) is 5.56. The van der Waals surface area contributed by atoms with Gasteiger partial charge in [0.25, 0.3) is 0 Å². The Morgan fingerprint density at radius 2 is 2.35 bits per heavy atom. The first-order chi connectivity index (χ1) is 7.97. The molecular formula is C8H14N4O4S. The number of nitrogens with one attached hydrogen (secondary N) is 1. The fraction of sp³-hybridized carbons (Fsp3) is 0.625. The van der Waals surface area contributed by atoms with Crippen molar-refractivity contribution in [1.82, 2.24) is 15.2 Å². The van der Waals surface area contributed by atoms with Gasteiger partial charge in [-0.05, 0) is 12.8 Å². The van der Waals surface area contributed by atoms with E-state index in [1.54, 1.807) is 0 Å². The number of aromatic nitrogens is 3. The fourth-order valence-corrected chi connectivity index (χ4v) is 2.34. The maximum atomic E-state index is 11.6. The number of methoxy groups -OCH3 is 1. The van der Waals surface area contributed by atoms with Gasteiger partial charge in [-0.3, -0.25) is 9.89 Å². The van der Waals surface area contributed by atoms with Gasteiger partial charge < -0.3 is 10.5 Å². The molecule has 0 fully saturated rings. The van der Waals surface area contributed by atoms with Gasteiger partial charge in [0, 0.05) is 0 Å². The van der Waals surface area contributed by atoms with E-state index in [0.717, 1.165) is 6.33 Å². The molecule has 0 radical (unpaired) electrons. The van der Waals surface area contributed by atoms with Crippen LogP contribution in [0.1, 0.15) is 12.8 Å². The average Bonchev–Trinajstić information content (AvgIpc) is 2.81. The van der Waals surface area contributed by atoms with Crippen LogP contribution in [-0.2, 0) is 19.4 Å². The van der Waals surface area contributed by atoms with Crippen LogP contribution >= 0.6 is 0 Å². The fourth-order valence-electron chi connectivity index (χ4n) is 1.20. The van der Waals surface area contributed by atoms with E-state index in [2.05, 4.69) is 19.9 Å². The SMILES string of the molecule is COC(=O)[C@@H](N)CCCS(=O)(=O)c1ncn[nH]1. The minimum absolute atomic E-state index is 0.146. The molecule has 0 amide bonds. The zero-order valence-electron chi connectivity index (χ0n) is 9.29. The number of ether oxygens (including phenoxy) is 1. The van der Waals surface area contributed by atoms with Crippen molar-refractivity contribution in [3.63, 3.8) is 0 Å². The number of aromatic amines is 1. The van der Waals surface area contributed by atoms with Crippen LogP contribution in [0.15, 0.2) is 11.5 Å². The summed E-state index contributed by atoms with van der Waals surface area (Å²) in [5.74, 6) is -0.700. The third-order valence-electron chi connectivity index (χ3n) is 2.12. The van der Waals surface area contributed by atoms with Crippen molar-refractivity contribution in [2.75, 3.05) is 12.9 Å². The number of hydrogen-bond donors (Lipinski definition) is 2. The van der Waals surface area contributed by atoms with Gasteiger partial charge in [0.15, 0.2) is 0 Å². The summed E-state index contributed by atoms with van der Waals surface area (Å²) in [4.78, 5) is 14.5. The first-order valence-electron chi connectivity index (χ1n) is 4.89. The van der Waals surface area contributed by atoms with Crippen LogP contribution in [0.4, 0.5) is 0 Å². The second-order valence-electron chi connectivity index (χ2n) is 3.38. The van der Waals surface area contributed by atoms with Crippen LogP contribution < -0.4 is 5.73 Å². The molecule has 0 unspecified atom stereocenters. The normalized spacial score (nSPS) is 13.3. The summed E-state index contributed by atoms with van der Waals surface area (Å²) >= 11 is 0. The number of H-pyrrole nitrogens is 1. The van der Waals surface area contributed by atoms with Gasteiger partial charge in [-0.1, -0.05) is 0 Å². The minimum Gasteiger partial charge on any atom is -0.468 e. The Morgan fingerprint density at radius 3 is 2.88 bits per heavy atom. The van der Waals surface area contributed by atoms with Crippen molar-refractivity contribution in [3.05, 3.63) is 6.33 Å². The Morgan fingerprint density at radius 1 is 1.65 bits per heavy atom. The smallest absolute Gasteiger partial charge is 0.322 e. The molecule has 0 bridgehead atoms. The van der Waals surface area contributed by atoms with Crippen LogP contribution in [0, 0.1) is 0 Å². The van der Waals surface area contributed by atoms with E-state index in [4.69, 9.17) is 5.73 Å². The molecule has 0 saturated carbocycles. The van der Waals surface area contributed by atoms with E-state index in [0.29, 0.717) is 0 Å². The number of nitrogens with two attached hydrogens (primary N) is 1. The molecule has 1 atom stereocenters. The second kappa shape index (κ2) is 5.73. The molecule has 0 saturated heterocycles. The highest BCUT2D eigenvalue weighted by atomic mass is 32.2. The third kappa shape index (κ3) is 3.79. The Bertz CT molecular complexity index is 456. The molecule has 1 heterocycles. The van der Waals surface area contributed by atoms with Crippen molar-refractivity contribution < 1.29 is 17.9 Å². The zero-order valence-corrected chi connectivity index (χ0v) is 10.1. The van der Waals surface area contributed by atoms with Gasteiger partial charge in [-0.2, -0.15) is 5.10 Å². The Balaban J connectivity index is 2.44. The lowest BCUT2D eigenvalue weighted by Gasteiger charge is -2.08. The number of sulfone groups is 1. The summed E-state index contributed by atoms with van der Waals surface area (Å²) in [6.07, 6.45) is 1.60. The van der Waals surface area contributed by atoms with Crippen LogP contribution in [-0.4, -0.2) is 48.5 Å². The Hall–Kier alpha value is -1.48. The molecule has 96 valence electrons. The van der Waals surface area contributed by atoms with Crippen LogP contribution in [0.3, 0.4) is 0 Å². The van der Waals surface area contributed by atoms with Crippen molar-refractivity contribution in [1.29, 1.82) is 0 Å². The highest BCUT2D eigenvalue weighted by Crippen LogP contribution is 2.07. The zero-order chi connectivity index (χ0) is 12.9. The van der Waals surface area contributed by atoms with Gasteiger partial charge in [0.1, 0.15) is 12.4 Å². The molecule has 0 aromatic carbocycles. The van der Waals surface area contributed by atoms with Gasteiger partial charge in [-0.15, -0.1) is 0 Å². The lowest BCUT2D eigenvalue weighted by atomic mass is 10.2. The standard InChI is InChI=1S/C8H14N4O4S/c1-16-7(13)6(9)3-2-4-17(14,15)8-10-5-11-12-8/h5-6H,2-4,9H2,1H3,(H,10,11,12)/t6-/m0/s1. The average molecular weight is 262 g/mol. The summed E-state index contributed by atoms with van der Waals surface area (Å²) < 4.78 is 27.7. The van der Waals surface area contributed by atoms with Crippen molar-refractivity contribution in [2.24, 2.45) is 5.73 Å². The Labute approximate surface area is 98.5 Å². The molecule has 0 aliphatic rings. The molecule has 8 nitrogen and oxygen atoms in total. The van der Waals surface area contributed by atoms with Gasteiger partial charge in [-0.25, -0.2) is 13.4 Å². The number of carbonyl (C=O) groups is 1. The lowest BCUT2D eigenvalue weighted by Crippen LogP contribution is -2.31. The number of carbonyl (C=O) groups excluding carboxylic acids is 1. The maximum Gasteiger partial charge on any atom is 0.322 e. The predicted octanol–water partition coefficient (Wildman–Crippen LogP) is -1.14. The molecule has 1 rings (SSSR count). The topological polar surface area (TPSA) is 128 Å². The molecule has 1 aromatic heterocycles. The molecule has 17 heavy (non-hydrogen) atoms. The predicted molar refractivity (Wildman–Crippen MR) is 57.7 cm³/mol. The summed E-state index contributed by atoms with van der Waals surface area (Å²) in [6, 6.07) is -0.801. The lowest BCUT2D eigenvalue weighted by molar-refractivity contribution is -0.142. The molecule has 3 N–H and O–H groups in total. The van der Waals surface area contributed by atoms with E-state index in [9.17, 15) is 13.2 Å². The van der Waals surface area contributed by atoms with Crippen LogP contribution in [0.2, 0.25) is 0 Å². The van der Waals surface area contributed by atoms with Crippen molar-refractivity contribution in [3.8, 4) is 0 Å². The van der Waals surface area contributed by atoms with Gasteiger partial charge in [0.2, 0.25) is 15.0 Å². The molecule has 0 spiro atoms. The molecule has 9 heteroatoms. The Kier molecular flexibility index (Phi) is 4.58. The molecule has 0 aliphatic carbocycles.